The number of alkyl halides is 2. The van der Waals surface area contributed by atoms with Crippen LogP contribution in [0.2, 0.25) is 0 Å². The minimum atomic E-state index is -3.09. The van der Waals surface area contributed by atoms with Crippen molar-refractivity contribution in [2.75, 3.05) is 6.61 Å². The molecule has 4 rings (SSSR count). The van der Waals surface area contributed by atoms with Crippen LogP contribution < -0.4 is 10.3 Å². The van der Waals surface area contributed by atoms with E-state index in [1.165, 1.54) is 18.2 Å². The van der Waals surface area contributed by atoms with Gasteiger partial charge in [-0.25, -0.2) is 4.79 Å². The van der Waals surface area contributed by atoms with Gasteiger partial charge in [-0.15, -0.1) is 0 Å². The summed E-state index contributed by atoms with van der Waals surface area (Å²) in [7, 11) is 0. The molecule has 8 heteroatoms. The van der Waals surface area contributed by atoms with Gasteiger partial charge < -0.3 is 18.9 Å². The average molecular weight is 399 g/mol. The zero-order valence-corrected chi connectivity index (χ0v) is 15.2. The number of para-hydroxylation sites is 2. The molecule has 0 aliphatic carbocycles. The summed E-state index contributed by atoms with van der Waals surface area (Å²) in [5.41, 5.74) is 0.0704. The molecule has 4 aromatic rings. The molecule has 29 heavy (non-hydrogen) atoms. The minimum absolute atomic E-state index is 0.0328. The Morgan fingerprint density at radius 3 is 2.62 bits per heavy atom. The zero-order valence-electron chi connectivity index (χ0n) is 15.2. The third-order valence-electron chi connectivity index (χ3n) is 4.39. The number of nitrogens with one attached hydrogen (secondary N) is 1. The maximum absolute atomic E-state index is 13.0. The highest BCUT2D eigenvalue weighted by Crippen LogP contribution is 2.40. The third kappa shape index (κ3) is 3.22. The van der Waals surface area contributed by atoms with Crippen molar-refractivity contribution in [1.82, 2.24) is 4.98 Å². The number of rotatable bonds is 5. The lowest BCUT2D eigenvalue weighted by Crippen LogP contribution is -2.21. The van der Waals surface area contributed by atoms with Crippen LogP contribution in [0.25, 0.3) is 33.2 Å². The summed E-state index contributed by atoms with van der Waals surface area (Å²) < 4.78 is 41.4. The summed E-state index contributed by atoms with van der Waals surface area (Å²) in [6.07, 6.45) is 0. The summed E-state index contributed by atoms with van der Waals surface area (Å²) in [5, 5.41) is 0.614. The minimum Gasteiger partial charge on any atom is -0.462 e. The number of H-pyrrole nitrogens is 1. The predicted molar refractivity (Wildman–Crippen MR) is 102 cm³/mol. The van der Waals surface area contributed by atoms with Gasteiger partial charge in [0, 0.05) is 10.9 Å². The molecule has 1 N–H and O–H groups in total. The molecule has 148 valence electrons. The highest BCUT2D eigenvalue weighted by Gasteiger charge is 2.27. The molecule has 0 saturated carbocycles. The SMILES string of the molecule is CCOC(=O)c1c(-c2ccccc2OC(F)F)c2oc3ccccc3c2[nH]c1=O. The molecule has 0 atom stereocenters. The first kappa shape index (κ1) is 18.7. The molecule has 2 aromatic heterocycles. The topological polar surface area (TPSA) is 81.5 Å². The zero-order chi connectivity index (χ0) is 20.5. The first-order valence-corrected chi connectivity index (χ1v) is 8.80. The van der Waals surface area contributed by atoms with E-state index in [9.17, 15) is 18.4 Å². The van der Waals surface area contributed by atoms with Gasteiger partial charge in [-0.2, -0.15) is 8.78 Å². The quantitative estimate of drug-likeness (QED) is 0.491. The van der Waals surface area contributed by atoms with Crippen molar-refractivity contribution in [3.8, 4) is 16.9 Å². The van der Waals surface area contributed by atoms with E-state index in [1.807, 2.05) is 0 Å². The van der Waals surface area contributed by atoms with Gasteiger partial charge in [-0.05, 0) is 25.1 Å². The van der Waals surface area contributed by atoms with Gasteiger partial charge >= 0.3 is 12.6 Å². The van der Waals surface area contributed by atoms with Gasteiger partial charge in [0.15, 0.2) is 5.58 Å². The Morgan fingerprint density at radius 1 is 1.14 bits per heavy atom. The number of hydrogen-bond acceptors (Lipinski definition) is 5. The molecule has 0 radical (unpaired) electrons. The van der Waals surface area contributed by atoms with E-state index >= 15 is 0 Å². The van der Waals surface area contributed by atoms with Crippen LogP contribution in [0, 0.1) is 0 Å². The Bertz CT molecular complexity index is 1280. The third-order valence-corrected chi connectivity index (χ3v) is 4.39. The van der Waals surface area contributed by atoms with Gasteiger partial charge in [0.2, 0.25) is 0 Å². The van der Waals surface area contributed by atoms with Crippen LogP contribution in [0.3, 0.4) is 0 Å². The first-order valence-electron chi connectivity index (χ1n) is 8.80. The molecule has 2 heterocycles. The smallest absolute Gasteiger partial charge is 0.387 e. The van der Waals surface area contributed by atoms with E-state index in [1.54, 1.807) is 37.3 Å². The second-order valence-corrected chi connectivity index (χ2v) is 6.10. The van der Waals surface area contributed by atoms with Crippen molar-refractivity contribution >= 4 is 28.0 Å². The summed E-state index contributed by atoms with van der Waals surface area (Å²) >= 11 is 0. The number of halogens is 2. The van der Waals surface area contributed by atoms with Crippen LogP contribution in [0.5, 0.6) is 5.75 Å². The van der Waals surface area contributed by atoms with Crippen LogP contribution in [-0.4, -0.2) is 24.2 Å². The number of hydrogen-bond donors (Lipinski definition) is 1. The van der Waals surface area contributed by atoms with E-state index in [0.717, 1.165) is 0 Å². The Labute approximate surface area is 162 Å². The largest absolute Gasteiger partial charge is 0.462 e. The summed E-state index contributed by atoms with van der Waals surface area (Å²) in [5.74, 6) is -1.08. The molecular weight excluding hydrogens is 384 g/mol. The number of esters is 1. The Balaban J connectivity index is 2.14. The molecule has 0 amide bonds. The molecule has 0 saturated heterocycles. The highest BCUT2D eigenvalue weighted by atomic mass is 19.3. The van der Waals surface area contributed by atoms with Crippen LogP contribution >= 0.6 is 0 Å². The summed E-state index contributed by atoms with van der Waals surface area (Å²) in [4.78, 5) is 28.1. The molecule has 0 fully saturated rings. The van der Waals surface area contributed by atoms with Crippen molar-refractivity contribution in [2.45, 2.75) is 13.5 Å². The van der Waals surface area contributed by atoms with Gasteiger partial charge in [0.1, 0.15) is 16.9 Å². The molecule has 0 aliphatic rings. The number of aromatic nitrogens is 1. The van der Waals surface area contributed by atoms with E-state index in [-0.39, 0.29) is 34.6 Å². The lowest BCUT2D eigenvalue weighted by atomic mass is 9.98. The summed E-state index contributed by atoms with van der Waals surface area (Å²) in [6.45, 7) is -1.46. The van der Waals surface area contributed by atoms with Crippen LogP contribution in [0.4, 0.5) is 8.78 Å². The van der Waals surface area contributed by atoms with Crippen LogP contribution in [0.1, 0.15) is 17.3 Å². The number of carbonyl (C=O) groups excluding carboxylic acids is 1. The molecule has 6 nitrogen and oxygen atoms in total. The average Bonchev–Trinajstić information content (AvgIpc) is 3.05. The van der Waals surface area contributed by atoms with Crippen LogP contribution in [-0.2, 0) is 4.74 Å². The maximum atomic E-state index is 13.0. The number of aromatic amines is 1. The fourth-order valence-electron chi connectivity index (χ4n) is 3.28. The molecular formula is C21H15F2NO5. The fourth-order valence-corrected chi connectivity index (χ4v) is 3.28. The van der Waals surface area contributed by atoms with E-state index < -0.39 is 18.1 Å². The van der Waals surface area contributed by atoms with E-state index in [4.69, 9.17) is 9.15 Å². The summed E-state index contributed by atoms with van der Waals surface area (Å²) in [6, 6.07) is 12.8. The van der Waals surface area contributed by atoms with Crippen molar-refractivity contribution in [1.29, 1.82) is 0 Å². The number of benzene rings is 2. The van der Waals surface area contributed by atoms with Gasteiger partial charge in [0.25, 0.3) is 5.56 Å². The Kier molecular flexibility index (Phi) is 4.75. The Hall–Kier alpha value is -3.68. The number of fused-ring (bicyclic) bond motifs is 3. The van der Waals surface area contributed by atoms with Crippen molar-refractivity contribution in [2.24, 2.45) is 0 Å². The fraction of sp³-hybridized carbons (Fsp3) is 0.143. The molecule has 0 spiro atoms. The van der Waals surface area contributed by atoms with E-state index in [2.05, 4.69) is 9.72 Å². The maximum Gasteiger partial charge on any atom is 0.387 e. The monoisotopic (exact) mass is 399 g/mol. The second-order valence-electron chi connectivity index (χ2n) is 6.10. The van der Waals surface area contributed by atoms with Crippen molar-refractivity contribution < 1.29 is 27.5 Å². The first-order chi connectivity index (χ1) is 14.0. The molecule has 0 aliphatic heterocycles. The number of ether oxygens (including phenoxy) is 2. The normalized spacial score (nSPS) is 11.3. The number of carbonyl (C=O) groups is 1. The molecule has 2 aromatic carbocycles. The highest BCUT2D eigenvalue weighted by molar-refractivity contribution is 6.12. The van der Waals surface area contributed by atoms with Crippen LogP contribution in [0.15, 0.2) is 57.7 Å². The van der Waals surface area contributed by atoms with Crippen molar-refractivity contribution in [3.05, 3.63) is 64.4 Å². The standard InChI is InChI=1S/C21H15F2NO5/c1-2-27-20(26)16-15(11-7-3-5-9-13(11)29-21(22)23)18-17(24-19(16)25)12-8-4-6-10-14(12)28-18/h3-10,21H,2H2,1H3,(H,24,25). The van der Waals surface area contributed by atoms with Gasteiger partial charge in [0.05, 0.1) is 17.7 Å². The lowest BCUT2D eigenvalue weighted by Gasteiger charge is -2.13. The second kappa shape index (κ2) is 7.38. The molecule has 0 bridgehead atoms. The number of furan rings is 1. The predicted octanol–water partition coefficient (Wildman–Crippen LogP) is 4.72. The van der Waals surface area contributed by atoms with Gasteiger partial charge in [-0.1, -0.05) is 30.3 Å². The van der Waals surface area contributed by atoms with Crippen molar-refractivity contribution in [3.63, 3.8) is 0 Å². The molecule has 0 unspecified atom stereocenters. The lowest BCUT2D eigenvalue weighted by molar-refractivity contribution is -0.0494. The number of pyridine rings is 1. The Morgan fingerprint density at radius 2 is 1.86 bits per heavy atom. The van der Waals surface area contributed by atoms with E-state index in [0.29, 0.717) is 16.5 Å². The van der Waals surface area contributed by atoms with Gasteiger partial charge in [-0.3, -0.25) is 4.79 Å².